The van der Waals surface area contributed by atoms with Gasteiger partial charge in [0.2, 0.25) is 5.91 Å². The van der Waals surface area contributed by atoms with Crippen LogP contribution in [-0.2, 0) is 4.79 Å². The first kappa shape index (κ1) is 16.0. The Morgan fingerprint density at radius 1 is 1.42 bits per heavy atom. The number of rotatable bonds is 5. The van der Waals surface area contributed by atoms with E-state index in [-0.39, 0.29) is 11.3 Å². The number of carbonyl (C=O) groups excluding carboxylic acids is 1. The van der Waals surface area contributed by atoms with Crippen LogP contribution in [0.15, 0.2) is 0 Å². The van der Waals surface area contributed by atoms with Crippen molar-refractivity contribution in [1.29, 1.82) is 5.26 Å². The molecular formula is C15H27N3O. The molecule has 0 aliphatic carbocycles. The van der Waals surface area contributed by atoms with Crippen LogP contribution in [0.4, 0.5) is 0 Å². The molecule has 0 saturated carbocycles. The van der Waals surface area contributed by atoms with E-state index in [9.17, 15) is 4.79 Å². The summed E-state index contributed by atoms with van der Waals surface area (Å²) in [5, 5.41) is 12.4. The van der Waals surface area contributed by atoms with Crippen molar-refractivity contribution in [3.05, 3.63) is 0 Å². The first-order valence-electron chi connectivity index (χ1n) is 7.26. The molecule has 4 heteroatoms. The lowest BCUT2D eigenvalue weighted by Crippen LogP contribution is -2.46. The summed E-state index contributed by atoms with van der Waals surface area (Å²) in [6.45, 7) is 10.5. The molecule has 1 amide bonds. The van der Waals surface area contributed by atoms with Gasteiger partial charge in [-0.25, -0.2) is 0 Å². The maximum absolute atomic E-state index is 11.9. The highest BCUT2D eigenvalue weighted by atomic mass is 16.2. The van der Waals surface area contributed by atoms with Crippen molar-refractivity contribution in [3.63, 3.8) is 0 Å². The Morgan fingerprint density at radius 3 is 2.47 bits per heavy atom. The zero-order valence-corrected chi connectivity index (χ0v) is 12.7. The molecule has 1 aliphatic rings. The van der Waals surface area contributed by atoms with Crippen molar-refractivity contribution in [2.45, 2.75) is 53.0 Å². The van der Waals surface area contributed by atoms with Crippen molar-refractivity contribution >= 4 is 5.91 Å². The van der Waals surface area contributed by atoms with Gasteiger partial charge in [0.1, 0.15) is 0 Å². The summed E-state index contributed by atoms with van der Waals surface area (Å²) in [5.74, 6) is 0.714. The van der Waals surface area contributed by atoms with E-state index in [0.29, 0.717) is 24.9 Å². The third-order valence-corrected chi connectivity index (χ3v) is 3.57. The fourth-order valence-corrected chi connectivity index (χ4v) is 2.25. The Balaban J connectivity index is 2.30. The molecule has 0 bridgehead atoms. The van der Waals surface area contributed by atoms with Crippen LogP contribution in [0.25, 0.3) is 0 Å². The van der Waals surface area contributed by atoms with E-state index in [1.54, 1.807) is 0 Å². The first-order chi connectivity index (χ1) is 8.84. The molecule has 0 atom stereocenters. The predicted octanol–water partition coefficient (Wildman–Crippen LogP) is 2.16. The highest BCUT2D eigenvalue weighted by Crippen LogP contribution is 2.16. The van der Waals surface area contributed by atoms with Crippen LogP contribution >= 0.6 is 0 Å². The molecular weight excluding hydrogens is 238 g/mol. The topological polar surface area (TPSA) is 56.1 Å². The molecule has 0 unspecified atom stereocenters. The van der Waals surface area contributed by atoms with E-state index >= 15 is 0 Å². The standard InChI is InChI=1S/C15H27N3O/c1-12(2)9-14(19)18-7-5-13(6-8-18)17-11-15(3,4)10-16/h12-13,17H,5-9,11H2,1-4H3. The smallest absolute Gasteiger partial charge is 0.222 e. The zero-order valence-electron chi connectivity index (χ0n) is 12.7. The molecule has 0 spiro atoms. The normalized spacial score (nSPS) is 17.6. The van der Waals surface area contributed by atoms with Crippen LogP contribution in [0.2, 0.25) is 0 Å². The molecule has 0 aromatic carbocycles. The molecule has 1 heterocycles. The van der Waals surface area contributed by atoms with E-state index < -0.39 is 0 Å². The monoisotopic (exact) mass is 265 g/mol. The Labute approximate surface area is 117 Å². The molecule has 1 N–H and O–H groups in total. The van der Waals surface area contributed by atoms with Crippen molar-refractivity contribution < 1.29 is 4.79 Å². The highest BCUT2D eigenvalue weighted by Gasteiger charge is 2.24. The van der Waals surface area contributed by atoms with Gasteiger partial charge in [-0.3, -0.25) is 4.79 Å². The van der Waals surface area contributed by atoms with Crippen molar-refractivity contribution in [2.24, 2.45) is 11.3 Å². The fourth-order valence-electron chi connectivity index (χ4n) is 2.25. The quantitative estimate of drug-likeness (QED) is 0.829. The Kier molecular flexibility index (Phi) is 5.81. The summed E-state index contributed by atoms with van der Waals surface area (Å²) < 4.78 is 0. The Morgan fingerprint density at radius 2 is 2.00 bits per heavy atom. The Hall–Kier alpha value is -1.08. The summed E-state index contributed by atoms with van der Waals surface area (Å²) in [6.07, 6.45) is 2.64. The minimum atomic E-state index is -0.315. The summed E-state index contributed by atoms with van der Waals surface area (Å²) in [6, 6.07) is 2.74. The van der Waals surface area contributed by atoms with E-state index in [2.05, 4.69) is 25.2 Å². The second-order valence-corrected chi connectivity index (χ2v) is 6.63. The maximum atomic E-state index is 11.9. The number of likely N-dealkylation sites (tertiary alicyclic amines) is 1. The van der Waals surface area contributed by atoms with Crippen molar-refractivity contribution in [1.82, 2.24) is 10.2 Å². The first-order valence-corrected chi connectivity index (χ1v) is 7.26. The molecule has 1 saturated heterocycles. The summed E-state index contributed by atoms with van der Waals surface area (Å²) in [4.78, 5) is 13.9. The molecule has 1 aliphatic heterocycles. The molecule has 0 aromatic heterocycles. The molecule has 108 valence electrons. The van der Waals surface area contributed by atoms with Crippen LogP contribution < -0.4 is 5.32 Å². The van der Waals surface area contributed by atoms with Gasteiger partial charge in [-0.15, -0.1) is 0 Å². The van der Waals surface area contributed by atoms with Crippen molar-refractivity contribution in [2.75, 3.05) is 19.6 Å². The lowest BCUT2D eigenvalue weighted by molar-refractivity contribution is -0.133. The fraction of sp³-hybridized carbons (Fsp3) is 0.867. The number of carbonyl (C=O) groups is 1. The number of nitrogens with zero attached hydrogens (tertiary/aromatic N) is 2. The van der Waals surface area contributed by atoms with Crippen LogP contribution in [0.3, 0.4) is 0 Å². The summed E-state index contributed by atoms with van der Waals surface area (Å²) in [5.41, 5.74) is -0.315. The molecule has 4 nitrogen and oxygen atoms in total. The van der Waals surface area contributed by atoms with Crippen LogP contribution in [0.5, 0.6) is 0 Å². The van der Waals surface area contributed by atoms with Crippen LogP contribution in [-0.4, -0.2) is 36.5 Å². The molecule has 1 fully saturated rings. The molecule has 0 aromatic rings. The molecule has 1 rings (SSSR count). The largest absolute Gasteiger partial charge is 0.343 e. The average molecular weight is 265 g/mol. The highest BCUT2D eigenvalue weighted by molar-refractivity contribution is 5.76. The van der Waals surface area contributed by atoms with Crippen molar-refractivity contribution in [3.8, 4) is 6.07 Å². The Bertz CT molecular complexity index is 336. The average Bonchev–Trinajstić information content (AvgIpc) is 2.36. The number of hydrogen-bond donors (Lipinski definition) is 1. The third kappa shape index (κ3) is 5.61. The number of nitriles is 1. The van der Waals surface area contributed by atoms with Gasteiger partial charge in [0.05, 0.1) is 11.5 Å². The summed E-state index contributed by atoms with van der Waals surface area (Å²) in [7, 11) is 0. The van der Waals surface area contributed by atoms with E-state index in [1.807, 2.05) is 18.7 Å². The van der Waals surface area contributed by atoms with Gasteiger partial charge in [0.25, 0.3) is 0 Å². The third-order valence-electron chi connectivity index (χ3n) is 3.57. The number of amides is 1. The van der Waals surface area contributed by atoms with Gasteiger partial charge in [0, 0.05) is 32.1 Å². The number of hydrogen-bond acceptors (Lipinski definition) is 3. The van der Waals surface area contributed by atoms with Gasteiger partial charge in [-0.1, -0.05) is 13.8 Å². The predicted molar refractivity (Wildman–Crippen MR) is 76.5 cm³/mol. The minimum Gasteiger partial charge on any atom is -0.343 e. The zero-order chi connectivity index (χ0) is 14.5. The van der Waals surface area contributed by atoms with E-state index in [4.69, 9.17) is 5.26 Å². The second kappa shape index (κ2) is 6.91. The molecule has 0 radical (unpaired) electrons. The van der Waals surface area contributed by atoms with Crippen LogP contribution in [0.1, 0.15) is 47.0 Å². The van der Waals surface area contributed by atoms with E-state index in [0.717, 1.165) is 25.9 Å². The lowest BCUT2D eigenvalue weighted by atomic mass is 9.94. The van der Waals surface area contributed by atoms with Gasteiger partial charge in [0.15, 0.2) is 0 Å². The number of nitrogens with one attached hydrogen (secondary N) is 1. The van der Waals surface area contributed by atoms with Crippen LogP contribution in [0, 0.1) is 22.7 Å². The van der Waals surface area contributed by atoms with Gasteiger partial charge in [-0.05, 0) is 32.6 Å². The second-order valence-electron chi connectivity index (χ2n) is 6.63. The van der Waals surface area contributed by atoms with Gasteiger partial charge >= 0.3 is 0 Å². The summed E-state index contributed by atoms with van der Waals surface area (Å²) >= 11 is 0. The lowest BCUT2D eigenvalue weighted by Gasteiger charge is -2.34. The molecule has 19 heavy (non-hydrogen) atoms. The van der Waals surface area contributed by atoms with Gasteiger partial charge in [-0.2, -0.15) is 5.26 Å². The van der Waals surface area contributed by atoms with Gasteiger partial charge < -0.3 is 10.2 Å². The number of piperidine rings is 1. The maximum Gasteiger partial charge on any atom is 0.222 e. The minimum absolute atomic E-state index is 0.283. The SMILES string of the molecule is CC(C)CC(=O)N1CCC(NCC(C)(C)C#N)CC1. The van der Waals surface area contributed by atoms with E-state index in [1.165, 1.54) is 0 Å².